The Kier molecular flexibility index (Phi) is 4.14. The van der Waals surface area contributed by atoms with E-state index in [1.807, 2.05) is 18.2 Å². The van der Waals surface area contributed by atoms with Crippen molar-refractivity contribution in [3.05, 3.63) is 42.7 Å². The fraction of sp³-hybridized carbons (Fsp3) is 0. The molecule has 0 spiro atoms. The highest BCUT2D eigenvalue weighted by molar-refractivity contribution is 6.19. The summed E-state index contributed by atoms with van der Waals surface area (Å²) in [6.07, 6.45) is 2.23. The summed E-state index contributed by atoms with van der Waals surface area (Å²) in [5, 5.41) is 0. The van der Waals surface area contributed by atoms with Gasteiger partial charge in [0.25, 0.3) is 0 Å². The van der Waals surface area contributed by atoms with Gasteiger partial charge in [0.15, 0.2) is 0 Å². The number of hydrogen-bond acceptors (Lipinski definition) is 3. The molecular formula is C9H9BNO3. The van der Waals surface area contributed by atoms with Gasteiger partial charge in [-0.15, -0.1) is 0 Å². The summed E-state index contributed by atoms with van der Waals surface area (Å²) in [6.45, 7) is 0. The van der Waals surface area contributed by atoms with E-state index < -0.39 is 5.91 Å². The van der Waals surface area contributed by atoms with Gasteiger partial charge in [-0.05, 0) is 12.1 Å². The van der Waals surface area contributed by atoms with Crippen LogP contribution in [-0.2, 0) is 9.45 Å². The number of rotatable bonds is 5. The molecule has 0 saturated heterocycles. The summed E-state index contributed by atoms with van der Waals surface area (Å²) in [5.74, 6) is 0.0816. The molecule has 71 valence electrons. The Balaban J connectivity index is 2.19. The van der Waals surface area contributed by atoms with Crippen molar-refractivity contribution >= 4 is 13.6 Å². The molecule has 1 rings (SSSR count). The third-order valence-electron chi connectivity index (χ3n) is 1.29. The van der Waals surface area contributed by atoms with Crippen LogP contribution in [-0.4, -0.2) is 13.6 Å². The molecule has 0 atom stereocenters. The van der Waals surface area contributed by atoms with Gasteiger partial charge in [-0.3, -0.25) is 4.79 Å². The van der Waals surface area contributed by atoms with Crippen LogP contribution in [0.5, 0.6) is 5.75 Å². The van der Waals surface area contributed by atoms with Crippen LogP contribution in [0, 0.1) is 0 Å². The first kappa shape index (κ1) is 10.2. The molecule has 0 saturated carbocycles. The fourth-order valence-corrected chi connectivity index (χ4v) is 0.721. The second-order valence-corrected chi connectivity index (χ2v) is 2.37. The van der Waals surface area contributed by atoms with Gasteiger partial charge >= 0.3 is 7.69 Å². The number of nitrogens with two attached hydrogens (primary N) is 1. The number of benzene rings is 1. The Morgan fingerprint density at radius 2 is 2.07 bits per heavy atom. The molecule has 1 aromatic carbocycles. The molecule has 0 unspecified atom stereocenters. The molecule has 0 aliphatic rings. The summed E-state index contributed by atoms with van der Waals surface area (Å²) in [7, 11) is 1.11. The van der Waals surface area contributed by atoms with Gasteiger partial charge < -0.3 is 15.0 Å². The zero-order valence-electron chi connectivity index (χ0n) is 7.42. The van der Waals surface area contributed by atoms with Gasteiger partial charge in [-0.1, -0.05) is 18.2 Å². The van der Waals surface area contributed by atoms with Crippen LogP contribution in [0.2, 0.25) is 0 Å². The molecule has 14 heavy (non-hydrogen) atoms. The summed E-state index contributed by atoms with van der Waals surface area (Å²) in [5.41, 5.74) is 4.83. The number of carbonyl (C=O) groups excluding carboxylic acids is 1. The van der Waals surface area contributed by atoms with Crippen molar-refractivity contribution < 1.29 is 14.1 Å². The highest BCUT2D eigenvalue weighted by Gasteiger charge is 1.95. The maximum Gasteiger partial charge on any atom is 0.657 e. The lowest BCUT2D eigenvalue weighted by molar-refractivity contribution is -0.113. The lowest BCUT2D eigenvalue weighted by Gasteiger charge is -2.01. The SMILES string of the molecule is NC(=O)C=CO[B]Oc1ccccc1. The van der Waals surface area contributed by atoms with Gasteiger partial charge in [-0.2, -0.15) is 0 Å². The van der Waals surface area contributed by atoms with E-state index in [0.29, 0.717) is 5.75 Å². The molecule has 0 heterocycles. The van der Waals surface area contributed by atoms with E-state index in [9.17, 15) is 4.79 Å². The Hall–Kier alpha value is -1.91. The minimum Gasteiger partial charge on any atom is -0.532 e. The Morgan fingerprint density at radius 1 is 1.36 bits per heavy atom. The first-order valence-electron chi connectivity index (χ1n) is 3.94. The monoisotopic (exact) mass is 190 g/mol. The van der Waals surface area contributed by atoms with Gasteiger partial charge in [0.2, 0.25) is 5.91 Å². The topological polar surface area (TPSA) is 61.6 Å². The minimum absolute atomic E-state index is 0.571. The smallest absolute Gasteiger partial charge is 0.532 e. The second kappa shape index (κ2) is 5.69. The molecule has 0 aliphatic carbocycles. The number of primary amides is 1. The maximum atomic E-state index is 10.2. The number of amides is 1. The van der Waals surface area contributed by atoms with Crippen LogP contribution >= 0.6 is 0 Å². The molecule has 1 amide bonds. The van der Waals surface area contributed by atoms with Crippen molar-refractivity contribution in [3.63, 3.8) is 0 Å². The average molecular weight is 190 g/mol. The Morgan fingerprint density at radius 3 is 2.71 bits per heavy atom. The molecule has 4 nitrogen and oxygen atoms in total. The van der Waals surface area contributed by atoms with E-state index in [1.54, 1.807) is 12.1 Å². The first-order valence-corrected chi connectivity index (χ1v) is 3.94. The van der Waals surface area contributed by atoms with Crippen molar-refractivity contribution in [2.75, 3.05) is 0 Å². The summed E-state index contributed by atoms with van der Waals surface area (Å²) >= 11 is 0. The van der Waals surface area contributed by atoms with Crippen LogP contribution in [0.15, 0.2) is 42.7 Å². The lowest BCUT2D eigenvalue weighted by atomic mass is 10.3. The van der Waals surface area contributed by atoms with E-state index in [1.165, 1.54) is 0 Å². The van der Waals surface area contributed by atoms with E-state index >= 15 is 0 Å². The third kappa shape index (κ3) is 4.20. The predicted molar refractivity (Wildman–Crippen MR) is 52.2 cm³/mol. The zero-order chi connectivity index (χ0) is 10.2. The molecule has 1 aromatic rings. The molecule has 0 aromatic heterocycles. The second-order valence-electron chi connectivity index (χ2n) is 2.37. The highest BCUT2D eigenvalue weighted by atomic mass is 16.6. The first-order chi connectivity index (χ1) is 6.79. The van der Waals surface area contributed by atoms with Crippen LogP contribution in [0.3, 0.4) is 0 Å². The van der Waals surface area contributed by atoms with E-state index in [4.69, 9.17) is 15.0 Å². The lowest BCUT2D eigenvalue weighted by Crippen LogP contribution is -2.07. The quantitative estimate of drug-likeness (QED) is 0.320. The summed E-state index contributed by atoms with van der Waals surface area (Å²) in [4.78, 5) is 10.2. The van der Waals surface area contributed by atoms with Gasteiger partial charge in [0.05, 0.1) is 6.26 Å². The van der Waals surface area contributed by atoms with Crippen molar-refractivity contribution in [2.45, 2.75) is 0 Å². The summed E-state index contributed by atoms with van der Waals surface area (Å²) in [6, 6.07) is 9.10. The standard InChI is InChI=1S/C9H9BNO3/c11-9(12)6-7-13-10-14-8-4-2-1-3-5-8/h1-7H,(H2,11,12). The van der Waals surface area contributed by atoms with Crippen LogP contribution in [0.1, 0.15) is 0 Å². The number of carbonyl (C=O) groups is 1. The maximum absolute atomic E-state index is 10.2. The molecule has 2 N–H and O–H groups in total. The van der Waals surface area contributed by atoms with Crippen LogP contribution < -0.4 is 10.4 Å². The van der Waals surface area contributed by atoms with Gasteiger partial charge in [-0.25, -0.2) is 0 Å². The largest absolute Gasteiger partial charge is 0.657 e. The molecular weight excluding hydrogens is 181 g/mol. The van der Waals surface area contributed by atoms with E-state index in [0.717, 1.165) is 20.0 Å². The molecule has 1 radical (unpaired) electrons. The van der Waals surface area contributed by atoms with Crippen LogP contribution in [0.4, 0.5) is 0 Å². The van der Waals surface area contributed by atoms with Crippen molar-refractivity contribution in [1.29, 1.82) is 0 Å². The van der Waals surface area contributed by atoms with Crippen molar-refractivity contribution in [2.24, 2.45) is 5.73 Å². The van der Waals surface area contributed by atoms with Crippen LogP contribution in [0.25, 0.3) is 0 Å². The van der Waals surface area contributed by atoms with Crippen molar-refractivity contribution in [3.8, 4) is 5.75 Å². The van der Waals surface area contributed by atoms with Crippen molar-refractivity contribution in [1.82, 2.24) is 0 Å². The normalized spacial score (nSPS) is 9.71. The molecule has 0 aliphatic heterocycles. The predicted octanol–water partition coefficient (Wildman–Crippen LogP) is 0.615. The summed E-state index contributed by atoms with van der Waals surface area (Å²) < 4.78 is 9.76. The Labute approximate surface area is 82.6 Å². The molecule has 0 bridgehead atoms. The zero-order valence-corrected chi connectivity index (χ0v) is 7.42. The fourth-order valence-electron chi connectivity index (χ4n) is 0.721. The number of para-hydroxylation sites is 1. The van der Waals surface area contributed by atoms with E-state index in [2.05, 4.69) is 0 Å². The average Bonchev–Trinajstić information content (AvgIpc) is 2.18. The van der Waals surface area contributed by atoms with Gasteiger partial charge in [0, 0.05) is 6.08 Å². The molecule has 0 fully saturated rings. The van der Waals surface area contributed by atoms with E-state index in [-0.39, 0.29) is 0 Å². The van der Waals surface area contributed by atoms with Gasteiger partial charge in [0.1, 0.15) is 5.75 Å². The minimum atomic E-state index is -0.571. The molecule has 5 heteroatoms. The highest BCUT2D eigenvalue weighted by Crippen LogP contribution is 2.06. The Bertz CT molecular complexity index is 313. The number of hydrogen-bond donors (Lipinski definition) is 1. The third-order valence-corrected chi connectivity index (χ3v) is 1.29.